The van der Waals surface area contributed by atoms with Gasteiger partial charge in [-0.3, -0.25) is 5.32 Å². The number of carbonyl (C=O) groups excluding carboxylic acids is 1. The van der Waals surface area contributed by atoms with E-state index < -0.39 is 0 Å². The lowest BCUT2D eigenvalue weighted by atomic mass is 9.94. The number of nitrogens with one attached hydrogen (secondary N) is 1. The highest BCUT2D eigenvalue weighted by Gasteiger charge is 2.40. The number of carbonyl (C=O) groups is 1. The molecule has 23 heavy (non-hydrogen) atoms. The van der Waals surface area contributed by atoms with Crippen LogP contribution in [0.25, 0.3) is 0 Å². The van der Waals surface area contributed by atoms with E-state index in [2.05, 4.69) is 10.5 Å². The number of aryl methyl sites for hydroxylation is 1. The summed E-state index contributed by atoms with van der Waals surface area (Å²) in [6, 6.07) is -0.125. The molecule has 4 rings (SSSR count). The average Bonchev–Trinajstić information content (AvgIpc) is 2.99. The van der Waals surface area contributed by atoms with Crippen LogP contribution < -0.4 is 5.32 Å². The molecule has 1 unspecified atom stereocenters. The summed E-state index contributed by atoms with van der Waals surface area (Å²) in [6.07, 6.45) is 6.00. The highest BCUT2D eigenvalue weighted by atomic mass is 16.5. The van der Waals surface area contributed by atoms with Gasteiger partial charge in [0.15, 0.2) is 5.82 Å². The highest BCUT2D eigenvalue weighted by Crippen LogP contribution is 2.30. The molecule has 0 radical (unpaired) electrons. The van der Waals surface area contributed by atoms with Crippen molar-refractivity contribution in [2.45, 2.75) is 44.1 Å². The Morgan fingerprint density at radius 3 is 3.00 bits per heavy atom. The van der Waals surface area contributed by atoms with Gasteiger partial charge >= 0.3 is 6.03 Å². The Bertz CT molecular complexity index is 574. The molecule has 3 heterocycles. The lowest BCUT2D eigenvalue weighted by molar-refractivity contribution is -0.159. The van der Waals surface area contributed by atoms with Crippen LogP contribution in [0.5, 0.6) is 0 Å². The molecule has 0 bridgehead atoms. The summed E-state index contributed by atoms with van der Waals surface area (Å²) in [6.45, 7) is 3.05. The maximum Gasteiger partial charge on any atom is 0.323 e. The standard InChI is InChI=1S/C16H23N3O4/c20-15(17-14-12-4-1-2-5-13(12)23-18-14)19-7-9-22-16(10-19)6-3-8-21-11-16/h1-11H2,(H,17,18,20). The van der Waals surface area contributed by atoms with E-state index >= 15 is 0 Å². The molecule has 1 aliphatic carbocycles. The number of ether oxygens (including phenoxy) is 2. The number of hydrogen-bond acceptors (Lipinski definition) is 5. The molecule has 1 spiro atoms. The first kappa shape index (κ1) is 15.0. The van der Waals surface area contributed by atoms with Crippen molar-refractivity contribution >= 4 is 11.8 Å². The van der Waals surface area contributed by atoms with E-state index in [4.69, 9.17) is 14.0 Å². The second kappa shape index (κ2) is 6.13. The van der Waals surface area contributed by atoms with Gasteiger partial charge in [-0.05, 0) is 32.1 Å². The third-order valence-electron chi connectivity index (χ3n) is 5.00. The number of hydrogen-bond donors (Lipinski definition) is 1. The number of fused-ring (bicyclic) bond motifs is 1. The lowest BCUT2D eigenvalue weighted by Gasteiger charge is -2.44. The quantitative estimate of drug-likeness (QED) is 0.856. The Morgan fingerprint density at radius 2 is 2.13 bits per heavy atom. The third kappa shape index (κ3) is 2.95. The van der Waals surface area contributed by atoms with Gasteiger partial charge in [-0.15, -0.1) is 0 Å². The number of aromatic nitrogens is 1. The first-order chi connectivity index (χ1) is 11.3. The van der Waals surface area contributed by atoms with E-state index in [0.717, 1.165) is 56.5 Å². The van der Waals surface area contributed by atoms with Crippen molar-refractivity contribution in [2.75, 3.05) is 38.2 Å². The highest BCUT2D eigenvalue weighted by molar-refractivity contribution is 5.89. The van der Waals surface area contributed by atoms with Crippen LogP contribution >= 0.6 is 0 Å². The number of amides is 2. The average molecular weight is 321 g/mol. The third-order valence-corrected chi connectivity index (χ3v) is 5.00. The van der Waals surface area contributed by atoms with E-state index in [0.29, 0.717) is 32.1 Å². The van der Waals surface area contributed by atoms with Crippen LogP contribution in [0.1, 0.15) is 37.0 Å². The summed E-state index contributed by atoms with van der Waals surface area (Å²) in [7, 11) is 0. The van der Waals surface area contributed by atoms with Gasteiger partial charge in [0.2, 0.25) is 0 Å². The molecule has 0 aromatic carbocycles. The van der Waals surface area contributed by atoms with Gasteiger partial charge in [0.25, 0.3) is 0 Å². The number of morpholine rings is 1. The molecule has 0 saturated carbocycles. The zero-order valence-corrected chi connectivity index (χ0v) is 13.3. The number of rotatable bonds is 1. The molecule has 1 aromatic rings. The smallest absolute Gasteiger partial charge is 0.323 e. The Balaban J connectivity index is 1.43. The minimum atomic E-state index is -0.336. The van der Waals surface area contributed by atoms with Crippen molar-refractivity contribution in [1.29, 1.82) is 0 Å². The number of anilines is 1. The molecular weight excluding hydrogens is 298 g/mol. The fourth-order valence-corrected chi connectivity index (χ4v) is 3.75. The fourth-order valence-electron chi connectivity index (χ4n) is 3.75. The van der Waals surface area contributed by atoms with Gasteiger partial charge in [0, 0.05) is 25.1 Å². The normalized spacial score (nSPS) is 27.7. The van der Waals surface area contributed by atoms with Gasteiger partial charge in [-0.2, -0.15) is 0 Å². The molecule has 2 fully saturated rings. The molecule has 1 N–H and O–H groups in total. The van der Waals surface area contributed by atoms with E-state index in [1.54, 1.807) is 0 Å². The minimum Gasteiger partial charge on any atom is -0.378 e. The largest absolute Gasteiger partial charge is 0.378 e. The van der Waals surface area contributed by atoms with Crippen LogP contribution in [0.15, 0.2) is 4.52 Å². The van der Waals surface area contributed by atoms with Crippen molar-refractivity contribution in [2.24, 2.45) is 0 Å². The Kier molecular flexibility index (Phi) is 3.98. The second-order valence-corrected chi connectivity index (χ2v) is 6.68. The van der Waals surface area contributed by atoms with E-state index in [1.165, 1.54) is 0 Å². The van der Waals surface area contributed by atoms with E-state index in [1.807, 2.05) is 4.90 Å². The molecule has 1 aromatic heterocycles. The number of nitrogens with zero attached hydrogens (tertiary/aromatic N) is 2. The maximum absolute atomic E-state index is 12.6. The van der Waals surface area contributed by atoms with Crippen molar-refractivity contribution in [1.82, 2.24) is 10.1 Å². The second-order valence-electron chi connectivity index (χ2n) is 6.68. The predicted molar refractivity (Wildman–Crippen MR) is 82.5 cm³/mol. The molecule has 2 aliphatic heterocycles. The summed E-state index contributed by atoms with van der Waals surface area (Å²) in [5.74, 6) is 1.51. The zero-order valence-electron chi connectivity index (χ0n) is 13.3. The Hall–Kier alpha value is -1.60. The zero-order chi connectivity index (χ0) is 15.7. The van der Waals surface area contributed by atoms with Crippen LogP contribution in [0.3, 0.4) is 0 Å². The molecule has 3 aliphatic rings. The molecule has 7 nitrogen and oxygen atoms in total. The van der Waals surface area contributed by atoms with Crippen LogP contribution in [0, 0.1) is 0 Å². The van der Waals surface area contributed by atoms with Crippen molar-refractivity contribution in [3.63, 3.8) is 0 Å². The lowest BCUT2D eigenvalue weighted by Crippen LogP contribution is -2.58. The first-order valence-corrected chi connectivity index (χ1v) is 8.51. The summed E-state index contributed by atoms with van der Waals surface area (Å²) in [5.41, 5.74) is 0.727. The minimum absolute atomic E-state index is 0.125. The SMILES string of the molecule is O=C(Nc1noc2c1CCCC2)N1CCOC2(CCCOC2)C1. The van der Waals surface area contributed by atoms with Gasteiger partial charge in [-0.1, -0.05) is 5.16 Å². The van der Waals surface area contributed by atoms with Gasteiger partial charge in [0.05, 0.1) is 19.8 Å². The van der Waals surface area contributed by atoms with E-state index in [-0.39, 0.29) is 11.6 Å². The maximum atomic E-state index is 12.6. The van der Waals surface area contributed by atoms with E-state index in [9.17, 15) is 4.79 Å². The van der Waals surface area contributed by atoms with Gasteiger partial charge in [0.1, 0.15) is 11.4 Å². The molecular formula is C16H23N3O4. The molecule has 1 atom stereocenters. The number of urea groups is 1. The summed E-state index contributed by atoms with van der Waals surface area (Å²) >= 11 is 0. The van der Waals surface area contributed by atoms with Crippen molar-refractivity contribution < 1.29 is 18.8 Å². The monoisotopic (exact) mass is 321 g/mol. The van der Waals surface area contributed by atoms with Crippen molar-refractivity contribution in [3.05, 3.63) is 11.3 Å². The molecule has 2 amide bonds. The Morgan fingerprint density at radius 1 is 1.22 bits per heavy atom. The van der Waals surface area contributed by atoms with Crippen molar-refractivity contribution in [3.8, 4) is 0 Å². The van der Waals surface area contributed by atoms with Crippen LogP contribution in [-0.4, -0.2) is 54.6 Å². The fraction of sp³-hybridized carbons (Fsp3) is 0.750. The van der Waals surface area contributed by atoms with Crippen LogP contribution in [0.4, 0.5) is 10.6 Å². The molecule has 126 valence electrons. The Labute approximate surface area is 135 Å². The van der Waals surface area contributed by atoms with Gasteiger partial charge < -0.3 is 18.9 Å². The van der Waals surface area contributed by atoms with Crippen LogP contribution in [0.2, 0.25) is 0 Å². The summed E-state index contributed by atoms with van der Waals surface area (Å²) in [5, 5.41) is 6.97. The predicted octanol–water partition coefficient (Wildman–Crippen LogP) is 1.97. The molecule has 2 saturated heterocycles. The first-order valence-electron chi connectivity index (χ1n) is 8.51. The van der Waals surface area contributed by atoms with Crippen LogP contribution in [-0.2, 0) is 22.3 Å². The topological polar surface area (TPSA) is 76.8 Å². The molecule has 7 heteroatoms. The summed E-state index contributed by atoms with van der Waals surface area (Å²) < 4.78 is 16.8. The summed E-state index contributed by atoms with van der Waals surface area (Å²) in [4.78, 5) is 14.4. The van der Waals surface area contributed by atoms with Gasteiger partial charge in [-0.25, -0.2) is 4.79 Å².